The number of β-amino-alcohol motifs (C(OH)–C–C–N with tert-alkyl or cyclic N) is 1. The third-order valence-corrected chi connectivity index (χ3v) is 5.89. The second-order valence-corrected chi connectivity index (χ2v) is 8.45. The molecule has 1 aromatic rings. The van der Waals surface area contributed by atoms with Crippen molar-refractivity contribution in [2.75, 3.05) is 26.3 Å². The van der Waals surface area contributed by atoms with Gasteiger partial charge in [0.2, 0.25) is 0 Å². The summed E-state index contributed by atoms with van der Waals surface area (Å²) in [6.45, 7) is 9.16. The van der Waals surface area contributed by atoms with Crippen LogP contribution < -0.4 is 0 Å². The molecule has 4 unspecified atom stereocenters. The number of piperidine rings is 1. The van der Waals surface area contributed by atoms with Crippen LogP contribution in [0, 0.1) is 11.3 Å². The highest BCUT2D eigenvalue weighted by Crippen LogP contribution is 2.39. The van der Waals surface area contributed by atoms with Crippen LogP contribution in [0.5, 0.6) is 0 Å². The lowest BCUT2D eigenvalue weighted by Crippen LogP contribution is -2.61. The van der Waals surface area contributed by atoms with Gasteiger partial charge in [0.25, 0.3) is 0 Å². The Morgan fingerprint density at radius 2 is 1.92 bits per heavy atom. The van der Waals surface area contributed by atoms with Gasteiger partial charge in [0.1, 0.15) is 5.60 Å². The summed E-state index contributed by atoms with van der Waals surface area (Å²) >= 11 is 0. The minimum absolute atomic E-state index is 0.101. The van der Waals surface area contributed by atoms with Crippen molar-refractivity contribution >= 4 is 0 Å². The number of aliphatic hydroxyl groups excluding tert-OH is 1. The molecule has 4 nitrogen and oxygen atoms in total. The number of aliphatic hydroxyl groups is 2. The lowest BCUT2D eigenvalue weighted by molar-refractivity contribution is -0.153. The van der Waals surface area contributed by atoms with Crippen LogP contribution in [0.3, 0.4) is 0 Å². The van der Waals surface area contributed by atoms with E-state index < -0.39 is 5.60 Å². The van der Waals surface area contributed by atoms with Crippen molar-refractivity contribution < 1.29 is 14.9 Å². The van der Waals surface area contributed by atoms with Gasteiger partial charge in [-0.1, -0.05) is 51.1 Å². The molecular formula is C20H31NO3. The van der Waals surface area contributed by atoms with Crippen LogP contribution in [0.1, 0.15) is 39.2 Å². The molecule has 0 radical (unpaired) electrons. The molecule has 0 aromatic heterocycles. The average Bonchev–Trinajstić information content (AvgIpc) is 2.55. The highest BCUT2D eigenvalue weighted by molar-refractivity contribution is 5.25. The first kappa shape index (κ1) is 17.9. The summed E-state index contributed by atoms with van der Waals surface area (Å²) in [6.07, 6.45) is 1.18. The molecule has 0 aliphatic carbocycles. The highest BCUT2D eigenvalue weighted by atomic mass is 16.5. The van der Waals surface area contributed by atoms with E-state index in [4.69, 9.17) is 4.74 Å². The number of hydrogen-bond acceptors (Lipinski definition) is 4. The number of nitrogens with zero attached hydrogens (tertiary/aromatic N) is 1. The smallest absolute Gasteiger partial charge is 0.109 e. The minimum atomic E-state index is -0.909. The van der Waals surface area contributed by atoms with Crippen molar-refractivity contribution in [1.29, 1.82) is 0 Å². The summed E-state index contributed by atoms with van der Waals surface area (Å²) in [4.78, 5) is 2.24. The van der Waals surface area contributed by atoms with E-state index in [-0.39, 0.29) is 17.6 Å². The Bertz CT molecular complexity index is 542. The maximum absolute atomic E-state index is 11.5. The first-order valence-corrected chi connectivity index (χ1v) is 9.10. The quantitative estimate of drug-likeness (QED) is 0.873. The summed E-state index contributed by atoms with van der Waals surface area (Å²) in [5.74, 6) is 0.295. The third kappa shape index (κ3) is 3.38. The van der Waals surface area contributed by atoms with Crippen LogP contribution in [0.2, 0.25) is 0 Å². The molecule has 2 fully saturated rings. The molecule has 4 heteroatoms. The summed E-state index contributed by atoms with van der Waals surface area (Å²) < 4.78 is 5.70. The van der Waals surface area contributed by atoms with E-state index in [2.05, 4.69) is 25.7 Å². The molecule has 2 aliphatic heterocycles. The number of benzene rings is 1. The van der Waals surface area contributed by atoms with Gasteiger partial charge in [-0.25, -0.2) is 0 Å². The average molecular weight is 333 g/mol. The van der Waals surface area contributed by atoms with Crippen LogP contribution >= 0.6 is 0 Å². The van der Waals surface area contributed by atoms with Crippen LogP contribution in [-0.4, -0.2) is 53.6 Å². The minimum Gasteiger partial charge on any atom is -0.391 e. The number of likely N-dealkylation sites (tertiary alicyclic amines) is 1. The zero-order valence-electron chi connectivity index (χ0n) is 15.1. The van der Waals surface area contributed by atoms with Gasteiger partial charge in [-0.15, -0.1) is 0 Å². The van der Waals surface area contributed by atoms with Gasteiger partial charge in [0, 0.05) is 19.6 Å². The molecule has 0 bridgehead atoms. The van der Waals surface area contributed by atoms with E-state index >= 15 is 0 Å². The summed E-state index contributed by atoms with van der Waals surface area (Å²) in [6, 6.07) is 9.80. The largest absolute Gasteiger partial charge is 0.391 e. The number of hydrogen-bond donors (Lipinski definition) is 2. The van der Waals surface area contributed by atoms with Crippen LogP contribution in [-0.2, 0) is 10.3 Å². The molecule has 0 saturated carbocycles. The van der Waals surface area contributed by atoms with Crippen LogP contribution in [0.15, 0.2) is 30.3 Å². The molecule has 4 atom stereocenters. The Labute approximate surface area is 145 Å². The molecule has 2 aliphatic rings. The van der Waals surface area contributed by atoms with Gasteiger partial charge in [0.15, 0.2) is 0 Å². The third-order valence-electron chi connectivity index (χ3n) is 5.89. The number of ether oxygens (including phenoxy) is 1. The zero-order valence-corrected chi connectivity index (χ0v) is 15.1. The SMILES string of the molecule is CC(C)(C)C1CCN(C2COCCC2(O)c2ccccc2)CC1O. The molecule has 2 saturated heterocycles. The standard InChI is InChI=1S/C20H31NO3/c1-19(2,3)16-9-11-21(13-17(16)22)18-14-24-12-10-20(18,23)15-7-5-4-6-8-15/h4-8,16-18,22-23H,9-14H2,1-3H3. The van der Waals surface area contributed by atoms with E-state index in [0.29, 0.717) is 32.1 Å². The fourth-order valence-electron chi connectivity index (χ4n) is 4.45. The normalized spacial score (nSPS) is 35.8. The Morgan fingerprint density at radius 1 is 1.21 bits per heavy atom. The van der Waals surface area contributed by atoms with E-state index in [1.165, 1.54) is 0 Å². The van der Waals surface area contributed by atoms with E-state index in [0.717, 1.165) is 18.5 Å². The Balaban J connectivity index is 1.80. The number of rotatable bonds is 2. The monoisotopic (exact) mass is 333 g/mol. The van der Waals surface area contributed by atoms with Crippen molar-refractivity contribution in [1.82, 2.24) is 4.90 Å². The van der Waals surface area contributed by atoms with E-state index in [1.807, 2.05) is 30.3 Å². The predicted molar refractivity (Wildman–Crippen MR) is 94.7 cm³/mol. The van der Waals surface area contributed by atoms with Gasteiger partial charge in [-0.05, 0) is 29.9 Å². The fraction of sp³-hybridized carbons (Fsp3) is 0.700. The van der Waals surface area contributed by atoms with Crippen molar-refractivity contribution in [2.24, 2.45) is 11.3 Å². The lowest BCUT2D eigenvalue weighted by Gasteiger charge is -2.50. The van der Waals surface area contributed by atoms with Crippen molar-refractivity contribution in [2.45, 2.75) is 51.4 Å². The Morgan fingerprint density at radius 3 is 2.54 bits per heavy atom. The van der Waals surface area contributed by atoms with Crippen LogP contribution in [0.25, 0.3) is 0 Å². The topological polar surface area (TPSA) is 52.9 Å². The second kappa shape index (κ2) is 6.75. The molecule has 1 aromatic carbocycles. The molecule has 134 valence electrons. The molecule has 0 spiro atoms. The highest BCUT2D eigenvalue weighted by Gasteiger charge is 2.47. The van der Waals surface area contributed by atoms with Crippen molar-refractivity contribution in [3.8, 4) is 0 Å². The first-order chi connectivity index (χ1) is 11.3. The Hall–Kier alpha value is -0.940. The molecule has 3 rings (SSSR count). The zero-order chi connectivity index (χ0) is 17.4. The maximum atomic E-state index is 11.5. The van der Waals surface area contributed by atoms with Crippen molar-refractivity contribution in [3.63, 3.8) is 0 Å². The summed E-state index contributed by atoms with van der Waals surface area (Å²) in [5.41, 5.74) is 0.142. The van der Waals surface area contributed by atoms with E-state index in [9.17, 15) is 10.2 Å². The summed E-state index contributed by atoms with van der Waals surface area (Å²) in [5, 5.41) is 22.1. The summed E-state index contributed by atoms with van der Waals surface area (Å²) in [7, 11) is 0. The fourth-order valence-corrected chi connectivity index (χ4v) is 4.45. The first-order valence-electron chi connectivity index (χ1n) is 9.10. The lowest BCUT2D eigenvalue weighted by atomic mass is 9.72. The van der Waals surface area contributed by atoms with E-state index in [1.54, 1.807) is 0 Å². The van der Waals surface area contributed by atoms with Gasteiger partial charge >= 0.3 is 0 Å². The molecular weight excluding hydrogens is 302 g/mol. The van der Waals surface area contributed by atoms with Crippen molar-refractivity contribution in [3.05, 3.63) is 35.9 Å². The second-order valence-electron chi connectivity index (χ2n) is 8.45. The molecule has 24 heavy (non-hydrogen) atoms. The molecule has 0 amide bonds. The predicted octanol–water partition coefficient (Wildman–Crippen LogP) is 2.39. The molecule has 2 N–H and O–H groups in total. The van der Waals surface area contributed by atoms with Gasteiger partial charge in [0.05, 0.1) is 18.8 Å². The van der Waals surface area contributed by atoms with Gasteiger partial charge in [-0.2, -0.15) is 0 Å². The van der Waals surface area contributed by atoms with Gasteiger partial charge in [-0.3, -0.25) is 4.90 Å². The molecule has 2 heterocycles. The Kier molecular flexibility index (Phi) is 5.03. The van der Waals surface area contributed by atoms with Gasteiger partial charge < -0.3 is 14.9 Å². The maximum Gasteiger partial charge on any atom is 0.109 e. The van der Waals surface area contributed by atoms with Crippen LogP contribution in [0.4, 0.5) is 0 Å².